The number of furan rings is 1. The van der Waals surface area contributed by atoms with Crippen LogP contribution in [0.25, 0.3) is 0 Å². The maximum atomic E-state index is 13.4. The van der Waals surface area contributed by atoms with Gasteiger partial charge in [-0.3, -0.25) is 19.7 Å². The number of hydrogen-bond acceptors (Lipinski definition) is 5. The van der Waals surface area contributed by atoms with Crippen LogP contribution in [0.4, 0.5) is 5.69 Å². The van der Waals surface area contributed by atoms with E-state index in [-0.39, 0.29) is 30.1 Å². The van der Waals surface area contributed by atoms with Crippen LogP contribution in [0.5, 0.6) is 0 Å². The molecule has 0 aliphatic heterocycles. The number of nitro benzene ring substituents is 1. The van der Waals surface area contributed by atoms with E-state index in [0.717, 1.165) is 24.2 Å². The summed E-state index contributed by atoms with van der Waals surface area (Å²) in [6.07, 6.45) is 1.67. The average molecular weight is 447 g/mol. The third-order valence-electron chi connectivity index (χ3n) is 5.59. The monoisotopic (exact) mass is 447 g/mol. The smallest absolute Gasteiger partial charge is 0.269 e. The molecule has 1 fully saturated rings. The van der Waals surface area contributed by atoms with E-state index in [4.69, 9.17) is 4.42 Å². The van der Waals surface area contributed by atoms with Gasteiger partial charge in [-0.25, -0.2) is 0 Å². The number of rotatable bonds is 9. The molecule has 1 aliphatic carbocycles. The van der Waals surface area contributed by atoms with Crippen molar-refractivity contribution >= 4 is 17.5 Å². The Kier molecular flexibility index (Phi) is 6.53. The van der Waals surface area contributed by atoms with Gasteiger partial charge in [0.15, 0.2) is 0 Å². The largest absolute Gasteiger partial charge is 0.464 e. The van der Waals surface area contributed by atoms with Crippen LogP contribution in [0.3, 0.4) is 0 Å². The molecule has 2 aromatic carbocycles. The molecule has 0 spiro atoms. The molecule has 1 saturated carbocycles. The molecule has 0 unspecified atom stereocenters. The highest BCUT2D eigenvalue weighted by Crippen LogP contribution is 2.29. The molecule has 8 nitrogen and oxygen atoms in total. The molecule has 4 rings (SSSR count). The highest BCUT2D eigenvalue weighted by Gasteiger charge is 2.35. The molecule has 1 aromatic heterocycles. The first kappa shape index (κ1) is 22.3. The topological polar surface area (TPSA) is 96.9 Å². The molecule has 1 aliphatic rings. The van der Waals surface area contributed by atoms with Crippen molar-refractivity contribution in [3.05, 3.63) is 99.5 Å². The summed E-state index contributed by atoms with van der Waals surface area (Å²) in [7, 11) is 0. The lowest BCUT2D eigenvalue weighted by Gasteiger charge is -2.27. The van der Waals surface area contributed by atoms with Crippen LogP contribution in [0.2, 0.25) is 0 Å². The number of nitro groups is 1. The summed E-state index contributed by atoms with van der Waals surface area (Å²) in [5.41, 5.74) is 1.23. The minimum atomic E-state index is -0.506. The normalized spacial score (nSPS) is 12.9. The van der Waals surface area contributed by atoms with Crippen molar-refractivity contribution in [2.45, 2.75) is 38.9 Å². The van der Waals surface area contributed by atoms with E-state index in [0.29, 0.717) is 24.4 Å². The molecule has 33 heavy (non-hydrogen) atoms. The molecule has 2 amide bonds. The standard InChI is InChI=1S/C25H25N3O5/c1-18-7-14-23(33-18)16-26(15-19-5-3-2-4-6-19)24(29)17-27(21-12-13-21)25(30)20-8-10-22(11-9-20)28(31)32/h2-11,14,21H,12-13,15-17H2,1H3. The van der Waals surface area contributed by atoms with E-state index >= 15 is 0 Å². The molecule has 0 radical (unpaired) electrons. The molecule has 8 heteroatoms. The molecular weight excluding hydrogens is 422 g/mol. The van der Waals surface area contributed by atoms with E-state index in [2.05, 4.69) is 0 Å². The summed E-state index contributed by atoms with van der Waals surface area (Å²) < 4.78 is 5.68. The third-order valence-corrected chi connectivity index (χ3v) is 5.59. The fourth-order valence-corrected chi connectivity index (χ4v) is 3.68. The fourth-order valence-electron chi connectivity index (χ4n) is 3.68. The van der Waals surface area contributed by atoms with Crippen LogP contribution in [-0.4, -0.2) is 39.1 Å². The lowest BCUT2D eigenvalue weighted by molar-refractivity contribution is -0.384. The zero-order valence-electron chi connectivity index (χ0n) is 18.3. The van der Waals surface area contributed by atoms with E-state index in [9.17, 15) is 19.7 Å². The predicted molar refractivity (Wildman–Crippen MR) is 121 cm³/mol. The SMILES string of the molecule is Cc1ccc(CN(Cc2ccccc2)C(=O)CN(C(=O)c2ccc([N+](=O)[O-])cc2)C2CC2)o1. The second kappa shape index (κ2) is 9.68. The molecule has 0 saturated heterocycles. The van der Waals surface area contributed by atoms with Crippen molar-refractivity contribution in [1.29, 1.82) is 0 Å². The van der Waals surface area contributed by atoms with Gasteiger partial charge in [0.25, 0.3) is 11.6 Å². The molecule has 1 heterocycles. The maximum absolute atomic E-state index is 13.4. The second-order valence-corrected chi connectivity index (χ2v) is 8.22. The number of carbonyl (C=O) groups excluding carboxylic acids is 2. The van der Waals surface area contributed by atoms with Crippen molar-refractivity contribution in [2.24, 2.45) is 0 Å². The maximum Gasteiger partial charge on any atom is 0.269 e. The number of hydrogen-bond donors (Lipinski definition) is 0. The summed E-state index contributed by atoms with van der Waals surface area (Å²) in [5, 5.41) is 10.9. The summed E-state index contributed by atoms with van der Waals surface area (Å²) in [4.78, 5) is 40.2. The Balaban J connectivity index is 1.52. The van der Waals surface area contributed by atoms with Gasteiger partial charge in [0.1, 0.15) is 18.1 Å². The Labute approximate surface area is 191 Å². The van der Waals surface area contributed by atoms with E-state index < -0.39 is 4.92 Å². The minimum absolute atomic E-state index is 0.000995. The van der Waals surface area contributed by atoms with Gasteiger partial charge >= 0.3 is 0 Å². The number of aryl methyl sites for hydroxylation is 1. The summed E-state index contributed by atoms with van der Waals surface area (Å²) in [6.45, 7) is 2.48. The highest BCUT2D eigenvalue weighted by atomic mass is 16.6. The lowest BCUT2D eigenvalue weighted by atomic mass is 10.1. The number of carbonyl (C=O) groups is 2. The third kappa shape index (κ3) is 5.65. The molecular formula is C25H25N3O5. The van der Waals surface area contributed by atoms with Gasteiger partial charge < -0.3 is 14.2 Å². The van der Waals surface area contributed by atoms with Gasteiger partial charge in [-0.15, -0.1) is 0 Å². The van der Waals surface area contributed by atoms with Gasteiger partial charge in [0.05, 0.1) is 11.5 Å². The lowest BCUT2D eigenvalue weighted by Crippen LogP contribution is -2.43. The van der Waals surface area contributed by atoms with Crippen molar-refractivity contribution in [2.75, 3.05) is 6.54 Å². The Morgan fingerprint density at radius 1 is 1.00 bits per heavy atom. The van der Waals surface area contributed by atoms with Gasteiger partial charge in [-0.2, -0.15) is 0 Å². The van der Waals surface area contributed by atoms with E-state index in [1.807, 2.05) is 49.4 Å². The number of non-ortho nitro benzene ring substituents is 1. The summed E-state index contributed by atoms with van der Waals surface area (Å²) >= 11 is 0. The van der Waals surface area contributed by atoms with Crippen LogP contribution < -0.4 is 0 Å². The number of nitrogens with zero attached hydrogens (tertiary/aromatic N) is 3. The molecule has 170 valence electrons. The van der Waals surface area contributed by atoms with Crippen molar-refractivity contribution in [3.63, 3.8) is 0 Å². The first-order valence-corrected chi connectivity index (χ1v) is 10.8. The first-order valence-electron chi connectivity index (χ1n) is 10.8. The minimum Gasteiger partial charge on any atom is -0.464 e. The average Bonchev–Trinajstić information content (AvgIpc) is 3.58. The van der Waals surface area contributed by atoms with E-state index in [1.165, 1.54) is 24.3 Å². The van der Waals surface area contributed by atoms with Crippen LogP contribution in [0, 0.1) is 17.0 Å². The Hall–Kier alpha value is -3.94. The van der Waals surface area contributed by atoms with Crippen molar-refractivity contribution in [1.82, 2.24) is 9.80 Å². The molecule has 3 aromatic rings. The molecule has 0 bridgehead atoms. The van der Waals surface area contributed by atoms with E-state index in [1.54, 1.807) is 9.80 Å². The molecule has 0 N–H and O–H groups in total. The number of benzene rings is 2. The predicted octanol–water partition coefficient (Wildman–Crippen LogP) is 4.33. The Morgan fingerprint density at radius 2 is 1.70 bits per heavy atom. The van der Waals surface area contributed by atoms with Crippen LogP contribution in [0.15, 0.2) is 71.1 Å². The van der Waals surface area contributed by atoms with Gasteiger partial charge in [-0.1, -0.05) is 30.3 Å². The highest BCUT2D eigenvalue weighted by molar-refractivity contribution is 5.97. The van der Waals surface area contributed by atoms with Crippen LogP contribution in [0.1, 0.15) is 40.3 Å². The van der Waals surface area contributed by atoms with Crippen molar-refractivity contribution in [3.8, 4) is 0 Å². The zero-order valence-corrected chi connectivity index (χ0v) is 18.3. The second-order valence-electron chi connectivity index (χ2n) is 8.22. The van der Waals surface area contributed by atoms with Crippen LogP contribution >= 0.6 is 0 Å². The fraction of sp³-hybridized carbons (Fsp3) is 0.280. The van der Waals surface area contributed by atoms with Crippen molar-refractivity contribution < 1.29 is 18.9 Å². The zero-order chi connectivity index (χ0) is 23.4. The summed E-state index contributed by atoms with van der Waals surface area (Å²) in [6, 6.07) is 18.9. The van der Waals surface area contributed by atoms with Gasteiger partial charge in [0.2, 0.25) is 5.91 Å². The van der Waals surface area contributed by atoms with Gasteiger partial charge in [0, 0.05) is 30.3 Å². The van der Waals surface area contributed by atoms with Gasteiger partial charge in [-0.05, 0) is 49.6 Å². The molecule has 0 atom stereocenters. The summed E-state index contributed by atoms with van der Waals surface area (Å²) in [5.74, 6) is 0.964. The first-order chi connectivity index (χ1) is 15.9. The Bertz CT molecular complexity index is 1140. The van der Waals surface area contributed by atoms with Crippen LogP contribution in [-0.2, 0) is 17.9 Å². The Morgan fingerprint density at radius 3 is 2.27 bits per heavy atom. The quantitative estimate of drug-likeness (QED) is 0.359. The number of amides is 2.